The molecule has 6 nitrogen and oxygen atoms in total. The molecular formula is C26H31FN4O2. The molecule has 1 aromatic heterocycles. The number of aryl methyl sites for hydroxylation is 1. The Balaban J connectivity index is 1.70. The highest BCUT2D eigenvalue weighted by molar-refractivity contribution is 5.94. The Kier molecular flexibility index (Phi) is 7.08. The van der Waals surface area contributed by atoms with Gasteiger partial charge in [0.25, 0.3) is 5.91 Å². The van der Waals surface area contributed by atoms with Crippen molar-refractivity contribution < 1.29 is 13.7 Å². The smallest absolute Gasteiger partial charge is 0.254 e. The lowest BCUT2D eigenvalue weighted by atomic mass is 10.1. The molecule has 1 saturated heterocycles. The van der Waals surface area contributed by atoms with Crippen molar-refractivity contribution in [3.05, 3.63) is 71.0 Å². The van der Waals surface area contributed by atoms with E-state index in [1.807, 2.05) is 36.1 Å². The summed E-state index contributed by atoms with van der Waals surface area (Å²) in [6, 6.07) is 13.9. The van der Waals surface area contributed by atoms with Gasteiger partial charge in [-0.1, -0.05) is 29.8 Å². The molecule has 33 heavy (non-hydrogen) atoms. The summed E-state index contributed by atoms with van der Waals surface area (Å²) in [5.74, 6) is 0.373. The molecule has 7 heteroatoms. The van der Waals surface area contributed by atoms with Gasteiger partial charge in [0.05, 0.1) is 12.1 Å². The molecule has 0 atom stereocenters. The molecule has 2 aromatic carbocycles. The summed E-state index contributed by atoms with van der Waals surface area (Å²) in [5, 5.41) is 4.38. The van der Waals surface area contributed by atoms with E-state index in [0.29, 0.717) is 30.2 Å². The van der Waals surface area contributed by atoms with Gasteiger partial charge < -0.3 is 19.2 Å². The molecule has 4 rings (SSSR count). The molecule has 0 spiro atoms. The highest BCUT2D eigenvalue weighted by Crippen LogP contribution is 2.33. The van der Waals surface area contributed by atoms with E-state index in [2.05, 4.69) is 28.9 Å². The van der Waals surface area contributed by atoms with Crippen molar-refractivity contribution >= 4 is 11.8 Å². The van der Waals surface area contributed by atoms with Gasteiger partial charge in [-0.3, -0.25) is 4.79 Å². The van der Waals surface area contributed by atoms with Crippen LogP contribution in [-0.4, -0.2) is 60.6 Å². The van der Waals surface area contributed by atoms with Crippen LogP contribution in [0.15, 0.2) is 53.1 Å². The van der Waals surface area contributed by atoms with Crippen molar-refractivity contribution in [1.82, 2.24) is 15.0 Å². The molecule has 2 heterocycles. The second-order valence-corrected chi connectivity index (χ2v) is 8.70. The fraction of sp³-hybridized carbons (Fsp3) is 0.385. The third kappa shape index (κ3) is 5.25. The largest absolute Gasteiger partial charge is 0.338 e. The average Bonchev–Trinajstić information content (AvgIpc) is 3.23. The number of carbonyl (C=O) groups is 1. The van der Waals surface area contributed by atoms with Gasteiger partial charge in [0.2, 0.25) is 5.88 Å². The summed E-state index contributed by atoms with van der Waals surface area (Å²) in [6.45, 7) is 8.54. The van der Waals surface area contributed by atoms with E-state index in [-0.39, 0.29) is 11.7 Å². The van der Waals surface area contributed by atoms with Crippen LogP contribution in [0.5, 0.6) is 0 Å². The van der Waals surface area contributed by atoms with Crippen LogP contribution in [0, 0.1) is 12.7 Å². The van der Waals surface area contributed by atoms with E-state index in [4.69, 9.17) is 4.52 Å². The number of hydrogen-bond donors (Lipinski definition) is 0. The molecule has 1 aliphatic rings. The summed E-state index contributed by atoms with van der Waals surface area (Å²) in [6.07, 6.45) is 0.832. The van der Waals surface area contributed by atoms with E-state index >= 15 is 0 Å². The molecule has 0 saturated carbocycles. The van der Waals surface area contributed by atoms with Gasteiger partial charge in [0, 0.05) is 43.9 Å². The van der Waals surface area contributed by atoms with Crippen LogP contribution < -0.4 is 4.90 Å². The molecule has 1 aliphatic heterocycles. The molecule has 1 fully saturated rings. The predicted molar refractivity (Wildman–Crippen MR) is 128 cm³/mol. The molecule has 1 amide bonds. The van der Waals surface area contributed by atoms with Gasteiger partial charge in [0.1, 0.15) is 11.5 Å². The minimum absolute atomic E-state index is 0.0209. The first-order valence-electron chi connectivity index (χ1n) is 11.5. The van der Waals surface area contributed by atoms with Crippen LogP contribution in [0.25, 0.3) is 11.3 Å². The number of piperazine rings is 1. The number of amides is 1. The average molecular weight is 451 g/mol. The fourth-order valence-corrected chi connectivity index (χ4v) is 4.13. The van der Waals surface area contributed by atoms with Gasteiger partial charge in [-0.15, -0.1) is 0 Å². The fourth-order valence-electron chi connectivity index (χ4n) is 4.13. The minimum atomic E-state index is -0.301. The molecular weight excluding hydrogens is 419 g/mol. The molecule has 174 valence electrons. The number of aromatic nitrogens is 1. The topological polar surface area (TPSA) is 52.8 Å². The maximum Gasteiger partial charge on any atom is 0.254 e. The number of hydrogen-bond acceptors (Lipinski definition) is 5. The zero-order valence-electron chi connectivity index (χ0n) is 19.6. The van der Waals surface area contributed by atoms with Gasteiger partial charge in [0.15, 0.2) is 0 Å². The van der Waals surface area contributed by atoms with Crippen molar-refractivity contribution in [2.45, 2.75) is 26.8 Å². The Hall–Kier alpha value is -3.19. The van der Waals surface area contributed by atoms with Crippen molar-refractivity contribution in [3.8, 4) is 11.3 Å². The Morgan fingerprint density at radius 3 is 2.36 bits per heavy atom. The van der Waals surface area contributed by atoms with E-state index in [1.165, 1.54) is 12.1 Å². The monoisotopic (exact) mass is 450 g/mol. The molecule has 0 aliphatic carbocycles. The lowest BCUT2D eigenvalue weighted by molar-refractivity contribution is 0.0743. The van der Waals surface area contributed by atoms with Crippen LogP contribution in [0.2, 0.25) is 0 Å². The van der Waals surface area contributed by atoms with Crippen LogP contribution >= 0.6 is 0 Å². The highest BCUT2D eigenvalue weighted by atomic mass is 19.1. The lowest BCUT2D eigenvalue weighted by Crippen LogP contribution is -2.45. The number of nitrogens with zero attached hydrogens (tertiary/aromatic N) is 4. The quantitative estimate of drug-likeness (QED) is 0.527. The van der Waals surface area contributed by atoms with Crippen LogP contribution in [0.1, 0.15) is 34.8 Å². The minimum Gasteiger partial charge on any atom is -0.338 e. The second-order valence-electron chi connectivity index (χ2n) is 8.70. The zero-order valence-corrected chi connectivity index (χ0v) is 19.6. The summed E-state index contributed by atoms with van der Waals surface area (Å²) in [7, 11) is 2.10. The predicted octanol–water partition coefficient (Wildman–Crippen LogP) is 4.59. The number of rotatable bonds is 7. The molecule has 0 bridgehead atoms. The molecule has 3 aromatic rings. The standard InChI is InChI=1S/C26H31FN4O2/c1-4-13-31(25(32)21-7-5-19(2)6-8-21)18-23-24(20-9-11-22(27)12-10-20)28-33-26(23)30-16-14-29(3)15-17-30/h5-12H,4,13-18H2,1-3H3. The lowest BCUT2D eigenvalue weighted by Gasteiger charge is -2.33. The number of likely N-dealkylation sites (N-methyl/N-ethyl adjacent to an activating group) is 1. The van der Waals surface area contributed by atoms with Crippen molar-refractivity contribution in [2.24, 2.45) is 0 Å². The summed E-state index contributed by atoms with van der Waals surface area (Å²) < 4.78 is 19.4. The van der Waals surface area contributed by atoms with Gasteiger partial charge in [-0.25, -0.2) is 4.39 Å². The van der Waals surface area contributed by atoms with Crippen LogP contribution in [-0.2, 0) is 6.54 Å². The number of benzene rings is 2. The number of carbonyl (C=O) groups excluding carboxylic acids is 1. The first-order valence-corrected chi connectivity index (χ1v) is 11.5. The van der Waals surface area contributed by atoms with Gasteiger partial charge in [-0.2, -0.15) is 0 Å². The van der Waals surface area contributed by atoms with Gasteiger partial charge >= 0.3 is 0 Å². The van der Waals surface area contributed by atoms with E-state index < -0.39 is 0 Å². The summed E-state index contributed by atoms with van der Waals surface area (Å²) in [4.78, 5) is 19.7. The summed E-state index contributed by atoms with van der Waals surface area (Å²) in [5.41, 5.74) is 4.06. The third-order valence-corrected chi connectivity index (χ3v) is 6.10. The normalized spacial score (nSPS) is 14.5. The Morgan fingerprint density at radius 2 is 1.73 bits per heavy atom. The molecule has 0 radical (unpaired) electrons. The SMILES string of the molecule is CCCN(Cc1c(-c2ccc(F)cc2)noc1N1CCN(C)CC1)C(=O)c1ccc(C)cc1. The maximum atomic E-state index is 13.6. The first kappa shape index (κ1) is 23.0. The third-order valence-electron chi connectivity index (χ3n) is 6.10. The van der Waals surface area contributed by atoms with E-state index in [0.717, 1.165) is 49.3 Å². The first-order chi connectivity index (χ1) is 16.0. The van der Waals surface area contributed by atoms with Gasteiger partial charge in [-0.05, 0) is 56.8 Å². The van der Waals surface area contributed by atoms with Crippen LogP contribution in [0.4, 0.5) is 10.3 Å². The van der Waals surface area contributed by atoms with E-state index in [9.17, 15) is 9.18 Å². The Morgan fingerprint density at radius 1 is 1.06 bits per heavy atom. The highest BCUT2D eigenvalue weighted by Gasteiger charge is 2.28. The molecule has 0 N–H and O–H groups in total. The second kappa shape index (κ2) is 10.2. The summed E-state index contributed by atoms with van der Waals surface area (Å²) >= 11 is 0. The number of halogens is 1. The van der Waals surface area contributed by atoms with Crippen molar-refractivity contribution in [3.63, 3.8) is 0 Å². The number of anilines is 1. The van der Waals surface area contributed by atoms with Crippen molar-refractivity contribution in [2.75, 3.05) is 44.7 Å². The zero-order chi connectivity index (χ0) is 23.4. The molecule has 0 unspecified atom stereocenters. The Bertz CT molecular complexity index is 1070. The van der Waals surface area contributed by atoms with E-state index in [1.54, 1.807) is 12.1 Å². The van der Waals surface area contributed by atoms with Crippen LogP contribution in [0.3, 0.4) is 0 Å². The Labute approximate surface area is 194 Å². The maximum absolute atomic E-state index is 13.6. The van der Waals surface area contributed by atoms with Crippen molar-refractivity contribution in [1.29, 1.82) is 0 Å².